The highest BCUT2D eigenvalue weighted by Crippen LogP contribution is 2.43. The maximum atomic E-state index is 14.3. The molecule has 0 heterocycles. The van der Waals surface area contributed by atoms with Crippen molar-refractivity contribution >= 4 is 5.97 Å². The Morgan fingerprint density at radius 1 is 1.37 bits per heavy atom. The molecule has 3 nitrogen and oxygen atoms in total. The third kappa shape index (κ3) is 3.43. The highest BCUT2D eigenvalue weighted by atomic mass is 19.3. The lowest BCUT2D eigenvalue weighted by molar-refractivity contribution is -0.153. The number of carbonyl (C=O) groups is 1. The van der Waals surface area contributed by atoms with Gasteiger partial charge in [0.2, 0.25) is 0 Å². The van der Waals surface area contributed by atoms with Crippen LogP contribution in [0.1, 0.15) is 31.4 Å². The summed E-state index contributed by atoms with van der Waals surface area (Å²) in [7, 11) is 1.31. The van der Waals surface area contributed by atoms with Crippen LogP contribution in [-0.2, 0) is 10.7 Å². The molecule has 0 aliphatic carbocycles. The van der Waals surface area contributed by atoms with Gasteiger partial charge in [-0.2, -0.15) is 0 Å². The summed E-state index contributed by atoms with van der Waals surface area (Å²) >= 11 is 0. The Hall–Kier alpha value is -1.65. The third-order valence-electron chi connectivity index (χ3n) is 2.99. The topological polar surface area (TPSA) is 46.5 Å². The van der Waals surface area contributed by atoms with Crippen LogP contribution in [0.15, 0.2) is 18.2 Å². The maximum absolute atomic E-state index is 14.3. The fourth-order valence-corrected chi connectivity index (χ4v) is 1.83. The second-order valence-corrected chi connectivity index (χ2v) is 5.27. The molecule has 0 aromatic heterocycles. The van der Waals surface area contributed by atoms with Gasteiger partial charge in [-0.1, -0.05) is 11.6 Å². The van der Waals surface area contributed by atoms with E-state index >= 15 is 0 Å². The van der Waals surface area contributed by atoms with Crippen LogP contribution in [0.25, 0.3) is 0 Å². The first kappa shape index (κ1) is 15.4. The van der Waals surface area contributed by atoms with Crippen LogP contribution in [0.4, 0.5) is 8.78 Å². The van der Waals surface area contributed by atoms with Gasteiger partial charge in [0.15, 0.2) is 0 Å². The van der Waals surface area contributed by atoms with E-state index in [9.17, 15) is 13.6 Å². The van der Waals surface area contributed by atoms with Crippen molar-refractivity contribution in [2.24, 2.45) is 5.41 Å². The summed E-state index contributed by atoms with van der Waals surface area (Å²) in [6.45, 7) is 4.26. The molecule has 19 heavy (non-hydrogen) atoms. The Bertz CT molecular complexity index is 482. The van der Waals surface area contributed by atoms with Crippen molar-refractivity contribution in [3.05, 3.63) is 29.3 Å². The number of rotatable bonds is 5. The Balaban J connectivity index is 3.19. The zero-order valence-electron chi connectivity index (χ0n) is 11.5. The molecule has 0 amide bonds. The number of halogens is 2. The van der Waals surface area contributed by atoms with Crippen LogP contribution in [0.5, 0.6) is 5.75 Å². The zero-order valence-corrected chi connectivity index (χ0v) is 11.5. The minimum atomic E-state index is -3.26. The average molecular weight is 272 g/mol. The molecule has 0 atom stereocenters. The van der Waals surface area contributed by atoms with Crippen LogP contribution in [-0.4, -0.2) is 18.2 Å². The Labute approximate surface area is 111 Å². The maximum Gasteiger partial charge on any atom is 0.309 e. The van der Waals surface area contributed by atoms with Gasteiger partial charge < -0.3 is 9.84 Å². The smallest absolute Gasteiger partial charge is 0.309 e. The second kappa shape index (κ2) is 5.15. The molecule has 0 bridgehead atoms. The van der Waals surface area contributed by atoms with Crippen LogP contribution in [0.2, 0.25) is 0 Å². The van der Waals surface area contributed by atoms with Crippen molar-refractivity contribution in [3.8, 4) is 5.75 Å². The summed E-state index contributed by atoms with van der Waals surface area (Å²) in [4.78, 5) is 11.0. The van der Waals surface area contributed by atoms with Crippen LogP contribution in [0, 0.1) is 12.3 Å². The van der Waals surface area contributed by atoms with Gasteiger partial charge in [-0.05, 0) is 32.9 Å². The number of methoxy groups -OCH3 is 1. The first-order valence-corrected chi connectivity index (χ1v) is 5.86. The predicted molar refractivity (Wildman–Crippen MR) is 67.7 cm³/mol. The zero-order chi connectivity index (χ0) is 14.8. The lowest BCUT2D eigenvalue weighted by Crippen LogP contribution is -2.31. The summed E-state index contributed by atoms with van der Waals surface area (Å²) in [6, 6.07) is 4.46. The number of hydrogen-bond donors (Lipinski definition) is 1. The molecule has 5 heteroatoms. The third-order valence-corrected chi connectivity index (χ3v) is 2.99. The van der Waals surface area contributed by atoms with E-state index in [2.05, 4.69) is 0 Å². The minimum absolute atomic E-state index is 0.0665. The summed E-state index contributed by atoms with van der Waals surface area (Å²) in [6.07, 6.45) is -0.783. The van der Waals surface area contributed by atoms with Crippen LogP contribution < -0.4 is 4.74 Å². The van der Waals surface area contributed by atoms with Gasteiger partial charge in [0, 0.05) is 6.42 Å². The molecule has 0 spiro atoms. The van der Waals surface area contributed by atoms with Crippen LogP contribution >= 0.6 is 0 Å². The lowest BCUT2D eigenvalue weighted by atomic mass is 9.84. The number of aliphatic carboxylic acids is 1. The standard InChI is InChI=1S/C14H18F2O3/c1-9-5-6-11(19-4)10(7-9)14(15,16)8-13(2,3)12(17)18/h5-7H,8H2,1-4H3,(H,17,18). The van der Waals surface area contributed by atoms with E-state index in [0.717, 1.165) is 0 Å². The monoisotopic (exact) mass is 272 g/mol. The van der Waals surface area contributed by atoms with Gasteiger partial charge in [0.05, 0.1) is 18.1 Å². The van der Waals surface area contributed by atoms with Crippen molar-refractivity contribution < 1.29 is 23.4 Å². The van der Waals surface area contributed by atoms with Crippen molar-refractivity contribution in [2.45, 2.75) is 33.1 Å². The lowest BCUT2D eigenvalue weighted by Gasteiger charge is -2.27. The number of aryl methyl sites for hydroxylation is 1. The fraction of sp³-hybridized carbons (Fsp3) is 0.500. The van der Waals surface area contributed by atoms with Gasteiger partial charge in [-0.15, -0.1) is 0 Å². The van der Waals surface area contributed by atoms with Crippen molar-refractivity contribution in [2.75, 3.05) is 7.11 Å². The fourth-order valence-electron chi connectivity index (χ4n) is 1.83. The van der Waals surface area contributed by atoms with Crippen LogP contribution in [0.3, 0.4) is 0 Å². The number of hydrogen-bond acceptors (Lipinski definition) is 2. The van der Waals surface area contributed by atoms with E-state index in [4.69, 9.17) is 9.84 Å². The van der Waals surface area contributed by atoms with Gasteiger partial charge in [-0.25, -0.2) is 8.78 Å². The quantitative estimate of drug-likeness (QED) is 0.890. The van der Waals surface area contributed by atoms with Gasteiger partial charge in [0.1, 0.15) is 5.75 Å². The Kier molecular flexibility index (Phi) is 4.18. The molecule has 0 aliphatic heterocycles. The molecule has 1 rings (SSSR count). The molecule has 0 fully saturated rings. The van der Waals surface area contributed by atoms with E-state index in [1.54, 1.807) is 13.0 Å². The Morgan fingerprint density at radius 2 is 1.95 bits per heavy atom. The van der Waals surface area contributed by atoms with E-state index in [1.807, 2.05) is 0 Å². The van der Waals surface area contributed by atoms with E-state index in [-0.39, 0.29) is 11.3 Å². The summed E-state index contributed by atoms with van der Waals surface area (Å²) in [5, 5.41) is 8.97. The molecule has 0 aliphatic rings. The molecular weight excluding hydrogens is 254 g/mol. The minimum Gasteiger partial charge on any atom is -0.496 e. The van der Waals surface area contributed by atoms with Crippen molar-refractivity contribution in [1.82, 2.24) is 0 Å². The molecule has 106 valence electrons. The average Bonchev–Trinajstić information content (AvgIpc) is 2.27. The number of alkyl halides is 2. The molecule has 0 saturated carbocycles. The van der Waals surface area contributed by atoms with Gasteiger partial charge in [-0.3, -0.25) is 4.79 Å². The number of carboxylic acids is 1. The summed E-state index contributed by atoms with van der Waals surface area (Å²) in [5.74, 6) is -4.45. The van der Waals surface area contributed by atoms with E-state index < -0.39 is 23.7 Å². The first-order chi connectivity index (χ1) is 8.60. The highest BCUT2D eigenvalue weighted by Gasteiger charge is 2.43. The predicted octanol–water partition coefficient (Wildman–Crippen LogP) is 3.60. The number of benzene rings is 1. The number of ether oxygens (including phenoxy) is 1. The SMILES string of the molecule is COc1ccc(C)cc1C(F)(F)CC(C)(C)C(=O)O. The first-order valence-electron chi connectivity index (χ1n) is 5.86. The van der Waals surface area contributed by atoms with E-state index in [1.165, 1.54) is 33.1 Å². The molecular formula is C14H18F2O3. The Morgan fingerprint density at radius 3 is 2.42 bits per heavy atom. The largest absolute Gasteiger partial charge is 0.496 e. The van der Waals surface area contributed by atoms with E-state index in [0.29, 0.717) is 5.56 Å². The second-order valence-electron chi connectivity index (χ2n) is 5.27. The van der Waals surface area contributed by atoms with Crippen molar-refractivity contribution in [3.63, 3.8) is 0 Å². The normalized spacial score (nSPS) is 12.3. The summed E-state index contributed by atoms with van der Waals surface area (Å²) < 4.78 is 33.5. The van der Waals surface area contributed by atoms with Crippen molar-refractivity contribution in [1.29, 1.82) is 0 Å². The van der Waals surface area contributed by atoms with Gasteiger partial charge in [0.25, 0.3) is 5.92 Å². The molecule has 1 N–H and O–H groups in total. The molecule has 0 radical (unpaired) electrons. The molecule has 1 aromatic rings. The highest BCUT2D eigenvalue weighted by molar-refractivity contribution is 5.73. The molecule has 0 saturated heterocycles. The molecule has 0 unspecified atom stereocenters. The number of carboxylic acid groups (broad SMARTS) is 1. The summed E-state index contributed by atoms with van der Waals surface area (Å²) in [5.41, 5.74) is -1.12. The van der Waals surface area contributed by atoms with Gasteiger partial charge >= 0.3 is 5.97 Å². The molecule has 1 aromatic carbocycles.